The summed E-state index contributed by atoms with van der Waals surface area (Å²) in [5.41, 5.74) is 1.03. The number of rotatable bonds is 4. The van der Waals surface area contributed by atoms with E-state index in [1.165, 1.54) is 0 Å². The molecular weight excluding hydrogens is 302 g/mol. The number of hydrogen-bond donors (Lipinski definition) is 1. The molecule has 1 amide bonds. The van der Waals surface area contributed by atoms with Crippen molar-refractivity contribution in [3.05, 3.63) is 76.2 Å². The monoisotopic (exact) mass is 321 g/mol. The fraction of sp³-hybridized carbons (Fsp3) is 0.211. The fourth-order valence-electron chi connectivity index (χ4n) is 2.68. The average Bonchev–Trinajstić information content (AvgIpc) is 2.60. The third-order valence-corrected chi connectivity index (χ3v) is 3.98. The largest absolute Gasteiger partial charge is 0.330 e. The molecule has 1 N–H and O–H groups in total. The van der Waals surface area contributed by atoms with Crippen molar-refractivity contribution in [2.24, 2.45) is 0 Å². The topological polar surface area (TPSA) is 66.1 Å². The Hall–Kier alpha value is -2.95. The highest BCUT2D eigenvalue weighted by atomic mass is 16.2. The van der Waals surface area contributed by atoms with Crippen LogP contribution in [-0.2, 0) is 6.54 Å². The predicted molar refractivity (Wildman–Crippen MR) is 93.8 cm³/mol. The zero-order valence-electron chi connectivity index (χ0n) is 13.7. The molecule has 0 radical (unpaired) electrons. The summed E-state index contributed by atoms with van der Waals surface area (Å²) in [7, 11) is 0. The minimum absolute atomic E-state index is 0.00481. The van der Waals surface area contributed by atoms with Crippen LogP contribution in [0.1, 0.15) is 29.9 Å². The Morgan fingerprint density at radius 2 is 1.67 bits per heavy atom. The minimum atomic E-state index is -0.290. The number of fused-ring (bicyclic) bond motifs is 1. The number of amides is 1. The molecule has 0 aliphatic heterocycles. The molecule has 1 heterocycles. The van der Waals surface area contributed by atoms with Gasteiger partial charge in [-0.15, -0.1) is 0 Å². The molecule has 0 bridgehead atoms. The Balaban J connectivity index is 2.03. The molecule has 0 aliphatic rings. The summed E-state index contributed by atoms with van der Waals surface area (Å²) in [5, 5.41) is 7.50. The number of H-pyrrole nitrogens is 1. The van der Waals surface area contributed by atoms with Gasteiger partial charge in [0.2, 0.25) is 0 Å². The Labute approximate surface area is 139 Å². The first-order valence-electron chi connectivity index (χ1n) is 7.90. The normalized spacial score (nSPS) is 11.0. The maximum Gasteiger partial charge on any atom is 0.275 e. The van der Waals surface area contributed by atoms with Gasteiger partial charge < -0.3 is 4.90 Å². The zero-order chi connectivity index (χ0) is 17.1. The first kappa shape index (κ1) is 15.9. The van der Waals surface area contributed by atoms with E-state index in [1.807, 2.05) is 44.2 Å². The van der Waals surface area contributed by atoms with Crippen LogP contribution in [0.25, 0.3) is 10.8 Å². The van der Waals surface area contributed by atoms with E-state index < -0.39 is 0 Å². The van der Waals surface area contributed by atoms with Crippen molar-refractivity contribution < 1.29 is 4.79 Å². The number of carbonyl (C=O) groups is 1. The van der Waals surface area contributed by atoms with Gasteiger partial charge >= 0.3 is 0 Å². The summed E-state index contributed by atoms with van der Waals surface area (Å²) in [6.45, 7) is 4.43. The van der Waals surface area contributed by atoms with Crippen LogP contribution in [0.2, 0.25) is 0 Å². The maximum absolute atomic E-state index is 13.1. The van der Waals surface area contributed by atoms with Gasteiger partial charge in [0.25, 0.3) is 11.5 Å². The number of hydrogen-bond acceptors (Lipinski definition) is 3. The van der Waals surface area contributed by atoms with Crippen molar-refractivity contribution in [2.75, 3.05) is 0 Å². The zero-order valence-corrected chi connectivity index (χ0v) is 13.7. The molecule has 24 heavy (non-hydrogen) atoms. The third kappa shape index (κ3) is 3.06. The van der Waals surface area contributed by atoms with Crippen molar-refractivity contribution >= 4 is 16.7 Å². The number of benzene rings is 2. The molecule has 3 rings (SSSR count). The summed E-state index contributed by atoms with van der Waals surface area (Å²) in [5.74, 6) is -0.193. The van der Waals surface area contributed by atoms with Crippen molar-refractivity contribution in [3.8, 4) is 0 Å². The summed E-state index contributed by atoms with van der Waals surface area (Å²) in [4.78, 5) is 26.7. The van der Waals surface area contributed by atoms with E-state index in [0.717, 1.165) is 5.56 Å². The third-order valence-electron chi connectivity index (χ3n) is 3.98. The number of nitrogens with one attached hydrogen (secondary N) is 1. The lowest BCUT2D eigenvalue weighted by Gasteiger charge is -2.26. The second-order valence-electron chi connectivity index (χ2n) is 5.96. The summed E-state index contributed by atoms with van der Waals surface area (Å²) < 4.78 is 0. The molecule has 0 unspecified atom stereocenters. The minimum Gasteiger partial charge on any atom is -0.330 e. The highest BCUT2D eigenvalue weighted by Crippen LogP contribution is 2.17. The Morgan fingerprint density at radius 1 is 1.04 bits per heavy atom. The lowest BCUT2D eigenvalue weighted by atomic mass is 10.1. The molecule has 3 aromatic rings. The highest BCUT2D eigenvalue weighted by molar-refractivity contribution is 6.04. The van der Waals surface area contributed by atoms with Gasteiger partial charge in [0.1, 0.15) is 0 Å². The molecule has 1 aromatic heterocycles. The summed E-state index contributed by atoms with van der Waals surface area (Å²) in [6, 6.07) is 16.9. The van der Waals surface area contributed by atoms with Crippen LogP contribution in [0.3, 0.4) is 0 Å². The van der Waals surface area contributed by atoms with Gasteiger partial charge in [0.05, 0.1) is 5.39 Å². The van der Waals surface area contributed by atoms with Gasteiger partial charge in [0, 0.05) is 18.0 Å². The van der Waals surface area contributed by atoms with E-state index >= 15 is 0 Å². The van der Waals surface area contributed by atoms with Crippen molar-refractivity contribution in [1.29, 1.82) is 0 Å². The van der Waals surface area contributed by atoms with Crippen LogP contribution >= 0.6 is 0 Å². The summed E-state index contributed by atoms with van der Waals surface area (Å²) in [6.07, 6.45) is 0. The van der Waals surface area contributed by atoms with Crippen LogP contribution in [0.5, 0.6) is 0 Å². The SMILES string of the molecule is CC(C)N(Cc1ccccc1)C(=O)c1n[nH]c(=O)c2ccccc12. The highest BCUT2D eigenvalue weighted by Gasteiger charge is 2.23. The molecule has 5 heteroatoms. The van der Waals surface area contributed by atoms with Gasteiger partial charge in [-0.2, -0.15) is 5.10 Å². The number of aromatic nitrogens is 2. The Kier molecular flexibility index (Phi) is 4.42. The standard InChI is InChI=1S/C19H19N3O2/c1-13(2)22(12-14-8-4-3-5-9-14)19(24)17-15-10-6-7-11-16(15)18(23)21-20-17/h3-11,13H,12H2,1-2H3,(H,21,23). The van der Waals surface area contributed by atoms with E-state index in [1.54, 1.807) is 29.2 Å². The fourth-order valence-corrected chi connectivity index (χ4v) is 2.68. The van der Waals surface area contributed by atoms with Gasteiger partial charge in [-0.05, 0) is 25.5 Å². The van der Waals surface area contributed by atoms with Crippen LogP contribution < -0.4 is 5.56 Å². The van der Waals surface area contributed by atoms with E-state index in [9.17, 15) is 9.59 Å². The van der Waals surface area contributed by atoms with Gasteiger partial charge in [-0.25, -0.2) is 5.10 Å². The van der Waals surface area contributed by atoms with E-state index in [2.05, 4.69) is 10.2 Å². The van der Waals surface area contributed by atoms with E-state index in [-0.39, 0.29) is 23.2 Å². The quantitative estimate of drug-likeness (QED) is 0.803. The van der Waals surface area contributed by atoms with Crippen molar-refractivity contribution in [2.45, 2.75) is 26.4 Å². The summed E-state index contributed by atoms with van der Waals surface area (Å²) >= 11 is 0. The maximum atomic E-state index is 13.1. The first-order valence-corrected chi connectivity index (χ1v) is 7.90. The van der Waals surface area contributed by atoms with Gasteiger partial charge in [0.15, 0.2) is 5.69 Å². The van der Waals surface area contributed by atoms with Gasteiger partial charge in [-0.1, -0.05) is 48.5 Å². The molecule has 0 spiro atoms. The first-order chi connectivity index (χ1) is 11.6. The molecule has 0 atom stereocenters. The predicted octanol–water partition coefficient (Wildman–Crippen LogP) is 2.97. The second-order valence-corrected chi connectivity index (χ2v) is 5.96. The molecule has 0 saturated carbocycles. The van der Waals surface area contributed by atoms with Crippen LogP contribution in [0, 0.1) is 0 Å². The second kappa shape index (κ2) is 6.66. The number of carbonyl (C=O) groups excluding carboxylic acids is 1. The van der Waals surface area contributed by atoms with E-state index in [0.29, 0.717) is 17.3 Å². The number of nitrogens with zero attached hydrogens (tertiary/aromatic N) is 2. The molecular formula is C19H19N3O2. The Bertz CT molecular complexity index is 917. The van der Waals surface area contributed by atoms with Gasteiger partial charge in [-0.3, -0.25) is 9.59 Å². The Morgan fingerprint density at radius 3 is 2.33 bits per heavy atom. The van der Waals surface area contributed by atoms with E-state index in [4.69, 9.17) is 0 Å². The molecule has 0 fully saturated rings. The average molecular weight is 321 g/mol. The lowest BCUT2D eigenvalue weighted by Crippen LogP contribution is -2.37. The molecule has 5 nitrogen and oxygen atoms in total. The molecule has 0 aliphatic carbocycles. The smallest absolute Gasteiger partial charge is 0.275 e. The lowest BCUT2D eigenvalue weighted by molar-refractivity contribution is 0.0685. The molecule has 122 valence electrons. The van der Waals surface area contributed by atoms with Crippen LogP contribution in [-0.4, -0.2) is 27.0 Å². The molecule has 2 aromatic carbocycles. The van der Waals surface area contributed by atoms with Crippen LogP contribution in [0.15, 0.2) is 59.4 Å². The van der Waals surface area contributed by atoms with Crippen molar-refractivity contribution in [1.82, 2.24) is 15.1 Å². The van der Waals surface area contributed by atoms with Crippen molar-refractivity contribution in [3.63, 3.8) is 0 Å². The molecule has 0 saturated heterocycles. The number of aromatic amines is 1. The van der Waals surface area contributed by atoms with Crippen LogP contribution in [0.4, 0.5) is 0 Å².